The molecule has 10 nitrogen and oxygen atoms in total. The van der Waals surface area contributed by atoms with Crippen LogP contribution in [-0.4, -0.2) is 69.3 Å². The number of anilines is 1. The molecule has 3 aromatic carbocycles. The van der Waals surface area contributed by atoms with E-state index in [2.05, 4.69) is 41.6 Å². The summed E-state index contributed by atoms with van der Waals surface area (Å²) in [4.78, 5) is 9.69. The van der Waals surface area contributed by atoms with E-state index in [9.17, 15) is 5.11 Å². The van der Waals surface area contributed by atoms with Crippen LogP contribution in [0.4, 0.5) is 5.82 Å². The molecule has 1 fully saturated rings. The molecule has 49 heavy (non-hydrogen) atoms. The van der Waals surface area contributed by atoms with E-state index in [1.54, 1.807) is 26.0 Å². The highest BCUT2D eigenvalue weighted by molar-refractivity contribution is 7.99. The van der Waals surface area contributed by atoms with Crippen molar-refractivity contribution < 1.29 is 19.3 Å². The molecule has 0 unspecified atom stereocenters. The Kier molecular flexibility index (Phi) is 11.3. The van der Waals surface area contributed by atoms with Gasteiger partial charge in [-0.15, -0.1) is 5.10 Å². The van der Waals surface area contributed by atoms with Crippen LogP contribution >= 0.6 is 11.8 Å². The minimum atomic E-state index is -0.963. The Morgan fingerprint density at radius 2 is 1.51 bits per heavy atom. The third-order valence-corrected chi connectivity index (χ3v) is 10.3. The molecule has 0 aliphatic heterocycles. The van der Waals surface area contributed by atoms with Crippen LogP contribution < -0.4 is 14.8 Å². The molecule has 11 heteroatoms. The fraction of sp³-hybridized carbons (Fsp3) is 0.421. The molecule has 3 atom stereocenters. The number of aliphatic hydroxyl groups excluding tert-OH is 1. The second-order valence-corrected chi connectivity index (χ2v) is 13.5. The number of nitrogens with zero attached hydrogens (tertiary/aromatic N) is 5. The summed E-state index contributed by atoms with van der Waals surface area (Å²) < 4.78 is 20.0. The lowest BCUT2D eigenvalue weighted by Gasteiger charge is -2.37. The molecule has 0 radical (unpaired) electrons. The summed E-state index contributed by atoms with van der Waals surface area (Å²) in [6.45, 7) is 5.43. The van der Waals surface area contributed by atoms with Gasteiger partial charge in [-0.25, -0.2) is 14.6 Å². The van der Waals surface area contributed by atoms with Gasteiger partial charge in [0.2, 0.25) is 0 Å². The first-order valence-electron chi connectivity index (χ1n) is 17.2. The van der Waals surface area contributed by atoms with Crippen molar-refractivity contribution in [2.24, 2.45) is 5.92 Å². The summed E-state index contributed by atoms with van der Waals surface area (Å²) in [5.41, 5.74) is 3.28. The Morgan fingerprint density at radius 3 is 2.12 bits per heavy atom. The third kappa shape index (κ3) is 7.39. The van der Waals surface area contributed by atoms with E-state index in [-0.39, 0.29) is 12.0 Å². The van der Waals surface area contributed by atoms with Gasteiger partial charge in [0.1, 0.15) is 17.1 Å². The summed E-state index contributed by atoms with van der Waals surface area (Å²) in [6, 6.07) is 26.1. The van der Waals surface area contributed by atoms with E-state index in [1.165, 1.54) is 0 Å². The monoisotopic (exact) mass is 682 g/mol. The highest BCUT2D eigenvalue weighted by Gasteiger charge is 2.42. The SMILES string of the molecule is CCCCNc1nc(SCCC)nc2c1nnn2[C@H]1C[C@@H](COC(c2ccccc2)(c2ccc(OC)cc2)c2ccc(OC)cc2)[C@H](O)C1. The highest BCUT2D eigenvalue weighted by atomic mass is 32.2. The number of ether oxygens (including phenoxy) is 3. The number of methoxy groups -OCH3 is 2. The maximum atomic E-state index is 11.5. The van der Waals surface area contributed by atoms with Crippen molar-refractivity contribution in [2.75, 3.05) is 38.4 Å². The number of nitrogens with one attached hydrogen (secondary N) is 1. The van der Waals surface area contributed by atoms with Crippen molar-refractivity contribution in [1.82, 2.24) is 25.0 Å². The number of fused-ring (bicyclic) bond motifs is 1. The second kappa shape index (κ2) is 16.0. The van der Waals surface area contributed by atoms with E-state index < -0.39 is 11.7 Å². The molecule has 1 saturated carbocycles. The van der Waals surface area contributed by atoms with E-state index in [1.807, 2.05) is 71.4 Å². The maximum absolute atomic E-state index is 11.5. The molecular formula is C38H46N6O4S. The number of benzene rings is 3. The Hall–Kier alpha value is -4.19. The van der Waals surface area contributed by atoms with Crippen molar-refractivity contribution in [2.45, 2.75) is 68.9 Å². The molecule has 258 valence electrons. The number of aliphatic hydroxyl groups is 1. The Bertz CT molecular complexity index is 1740. The first kappa shape index (κ1) is 34.7. The van der Waals surface area contributed by atoms with E-state index in [0.29, 0.717) is 41.6 Å². The quantitative estimate of drug-likeness (QED) is 0.0476. The second-order valence-electron chi connectivity index (χ2n) is 12.5. The molecule has 5 aromatic rings. The number of hydrogen-bond acceptors (Lipinski definition) is 10. The molecule has 0 spiro atoms. The molecule has 1 aliphatic rings. The molecule has 2 N–H and O–H groups in total. The number of aromatic nitrogens is 5. The van der Waals surface area contributed by atoms with Gasteiger partial charge in [-0.1, -0.05) is 91.8 Å². The standard InChI is InChI=1S/C38H46N6O4S/c1-5-7-21-39-35-34-36(41-37(40-35)49-22-6-2)44(43-42-34)30-23-26(33(45)24-30)25-48-38(27-11-9-8-10-12-27,28-13-17-31(46-3)18-14-28)29-15-19-32(47-4)20-16-29/h8-20,26,30,33,45H,5-7,21-25H2,1-4H3,(H,39,40,41)/t26-,30-,33+/m0/s1. The number of hydrogen-bond donors (Lipinski definition) is 2. The fourth-order valence-electron chi connectivity index (χ4n) is 6.58. The van der Waals surface area contributed by atoms with E-state index in [4.69, 9.17) is 24.2 Å². The van der Waals surface area contributed by atoms with Crippen LogP contribution in [-0.2, 0) is 10.3 Å². The van der Waals surface area contributed by atoms with E-state index >= 15 is 0 Å². The zero-order valence-corrected chi connectivity index (χ0v) is 29.5. The molecule has 2 aromatic heterocycles. The molecular weight excluding hydrogens is 637 g/mol. The van der Waals surface area contributed by atoms with Gasteiger partial charge in [-0.3, -0.25) is 0 Å². The Morgan fingerprint density at radius 1 is 0.857 bits per heavy atom. The molecule has 0 saturated heterocycles. The van der Waals surface area contributed by atoms with Gasteiger partial charge >= 0.3 is 0 Å². The lowest BCUT2D eigenvalue weighted by atomic mass is 9.80. The van der Waals surface area contributed by atoms with Gasteiger partial charge in [0.05, 0.1) is 33.0 Å². The van der Waals surface area contributed by atoms with Crippen molar-refractivity contribution in [3.05, 3.63) is 95.6 Å². The maximum Gasteiger partial charge on any atom is 0.191 e. The third-order valence-electron chi connectivity index (χ3n) is 9.23. The van der Waals surface area contributed by atoms with Gasteiger partial charge in [0.25, 0.3) is 0 Å². The van der Waals surface area contributed by atoms with Crippen LogP contribution in [0.5, 0.6) is 11.5 Å². The van der Waals surface area contributed by atoms with Crippen LogP contribution in [0.2, 0.25) is 0 Å². The van der Waals surface area contributed by atoms with Crippen LogP contribution in [0.3, 0.4) is 0 Å². The van der Waals surface area contributed by atoms with Crippen LogP contribution in [0, 0.1) is 5.92 Å². The predicted octanol–water partition coefficient (Wildman–Crippen LogP) is 7.27. The first-order valence-corrected chi connectivity index (χ1v) is 18.1. The number of rotatable bonds is 16. The summed E-state index contributed by atoms with van der Waals surface area (Å²) in [5, 5.41) is 24.8. The highest BCUT2D eigenvalue weighted by Crippen LogP contribution is 2.44. The predicted molar refractivity (Wildman–Crippen MR) is 194 cm³/mol. The lowest BCUT2D eigenvalue weighted by molar-refractivity contribution is -0.0296. The molecule has 0 bridgehead atoms. The Labute approximate surface area is 292 Å². The summed E-state index contributed by atoms with van der Waals surface area (Å²) in [6.07, 6.45) is 3.73. The van der Waals surface area contributed by atoms with Crippen molar-refractivity contribution in [3.63, 3.8) is 0 Å². The minimum Gasteiger partial charge on any atom is -0.497 e. The Balaban J connectivity index is 1.32. The zero-order chi connectivity index (χ0) is 34.2. The van der Waals surface area contributed by atoms with Crippen LogP contribution in [0.15, 0.2) is 84.0 Å². The minimum absolute atomic E-state index is 0.0934. The number of thioether (sulfide) groups is 1. The van der Waals surface area contributed by atoms with Crippen molar-refractivity contribution >= 4 is 28.7 Å². The van der Waals surface area contributed by atoms with Gasteiger partial charge in [0, 0.05) is 18.2 Å². The smallest absolute Gasteiger partial charge is 0.191 e. The normalized spacial score (nSPS) is 17.8. The van der Waals surface area contributed by atoms with Crippen molar-refractivity contribution in [3.8, 4) is 11.5 Å². The molecule has 6 rings (SSSR count). The molecule has 0 amide bonds. The topological polar surface area (TPSA) is 116 Å². The summed E-state index contributed by atoms with van der Waals surface area (Å²) in [7, 11) is 3.33. The average Bonchev–Trinajstić information content (AvgIpc) is 3.75. The van der Waals surface area contributed by atoms with Crippen LogP contribution in [0.25, 0.3) is 11.2 Å². The van der Waals surface area contributed by atoms with E-state index in [0.717, 1.165) is 59.7 Å². The van der Waals surface area contributed by atoms with Gasteiger partial charge in [0.15, 0.2) is 22.1 Å². The van der Waals surface area contributed by atoms with Crippen molar-refractivity contribution in [1.29, 1.82) is 0 Å². The van der Waals surface area contributed by atoms with Crippen LogP contribution in [0.1, 0.15) is 68.7 Å². The largest absolute Gasteiger partial charge is 0.497 e. The zero-order valence-electron chi connectivity index (χ0n) is 28.7. The summed E-state index contributed by atoms with van der Waals surface area (Å²) in [5.74, 6) is 3.01. The lowest BCUT2D eigenvalue weighted by Crippen LogP contribution is -2.35. The molecule has 2 heterocycles. The van der Waals surface area contributed by atoms with Gasteiger partial charge in [-0.05, 0) is 66.6 Å². The fourth-order valence-corrected chi connectivity index (χ4v) is 7.27. The summed E-state index contributed by atoms with van der Waals surface area (Å²) >= 11 is 1.64. The van der Waals surface area contributed by atoms with Gasteiger partial charge in [-0.2, -0.15) is 0 Å². The average molecular weight is 683 g/mol. The molecule has 1 aliphatic carbocycles. The first-order chi connectivity index (χ1) is 24.0. The van der Waals surface area contributed by atoms with Gasteiger partial charge < -0.3 is 24.6 Å². The number of unbranched alkanes of at least 4 members (excludes halogenated alkanes) is 1.